The summed E-state index contributed by atoms with van der Waals surface area (Å²) in [5, 5.41) is 1.03. The van der Waals surface area contributed by atoms with E-state index in [9.17, 15) is 0 Å². The minimum absolute atomic E-state index is 0.608. The van der Waals surface area contributed by atoms with Gasteiger partial charge in [0.2, 0.25) is 0 Å². The van der Waals surface area contributed by atoms with Crippen LogP contribution in [0.3, 0.4) is 0 Å². The molecule has 0 heterocycles. The van der Waals surface area contributed by atoms with Crippen molar-refractivity contribution in [2.75, 3.05) is 5.33 Å². The second-order valence-corrected chi connectivity index (χ2v) is 5.27. The lowest BCUT2D eigenvalue weighted by Gasteiger charge is -2.05. The zero-order valence-electron chi connectivity index (χ0n) is 4.70. The molecule has 0 bridgehead atoms. The van der Waals surface area contributed by atoms with Crippen molar-refractivity contribution in [2.24, 2.45) is 0 Å². The van der Waals surface area contributed by atoms with Crippen molar-refractivity contribution in [3.63, 3.8) is 0 Å². The second kappa shape index (κ2) is 5.24. The van der Waals surface area contributed by atoms with Gasteiger partial charge in [0.15, 0.2) is 0 Å². The summed E-state index contributed by atoms with van der Waals surface area (Å²) in [7, 11) is 0. The Kier molecular flexibility index (Phi) is 6.19. The molecule has 0 saturated heterocycles. The minimum atomic E-state index is 0.608. The third-order valence-corrected chi connectivity index (χ3v) is 3.47. The predicted octanol–water partition coefficient (Wildman–Crippen LogP) is 3.32. The molecule has 0 aromatic rings. The highest BCUT2D eigenvalue weighted by Gasteiger charge is 2.04. The monoisotopic (exact) mass is 306 g/mol. The average molecular weight is 309 g/mol. The highest BCUT2D eigenvalue weighted by Crippen LogP contribution is 2.15. The van der Waals surface area contributed by atoms with E-state index >= 15 is 0 Å². The van der Waals surface area contributed by atoms with E-state index < -0.39 is 0 Å². The summed E-state index contributed by atoms with van der Waals surface area (Å²) in [5.74, 6) is 0. The van der Waals surface area contributed by atoms with Gasteiger partial charge in [-0.1, -0.05) is 54.7 Å². The van der Waals surface area contributed by atoms with E-state index in [-0.39, 0.29) is 0 Å². The molecule has 0 saturated carbocycles. The minimum Gasteiger partial charge on any atom is -0.0916 e. The van der Waals surface area contributed by atoms with Crippen molar-refractivity contribution in [1.29, 1.82) is 0 Å². The number of hydrogen-bond donors (Lipinski definition) is 0. The van der Waals surface area contributed by atoms with E-state index in [0.29, 0.717) is 9.65 Å². The predicted molar refractivity (Wildman–Crippen MR) is 49.5 cm³/mol. The first-order valence-electron chi connectivity index (χ1n) is 2.51. The van der Waals surface area contributed by atoms with Gasteiger partial charge in [0.1, 0.15) is 0 Å². The Labute approximate surface area is 75.8 Å². The van der Waals surface area contributed by atoms with Gasteiger partial charge in [-0.2, -0.15) is 0 Å². The lowest BCUT2D eigenvalue weighted by Crippen LogP contribution is -2.04. The molecule has 0 fully saturated rings. The maximum atomic E-state index is 3.50. The topological polar surface area (TPSA) is 0 Å². The summed E-state index contributed by atoms with van der Waals surface area (Å²) < 4.78 is 0. The van der Waals surface area contributed by atoms with Gasteiger partial charge >= 0.3 is 0 Å². The van der Waals surface area contributed by atoms with Crippen molar-refractivity contribution >= 4 is 47.8 Å². The molecular weight excluding hydrogens is 300 g/mol. The van der Waals surface area contributed by atoms with Gasteiger partial charge in [-0.05, 0) is 6.42 Å². The molecule has 8 heavy (non-hydrogen) atoms. The first kappa shape index (κ1) is 9.44. The highest BCUT2D eigenvalue weighted by molar-refractivity contribution is 9.12. The fourth-order valence-corrected chi connectivity index (χ4v) is 2.19. The molecule has 0 nitrogen and oxygen atoms in total. The number of rotatable bonds is 3. The molecule has 0 aliphatic rings. The molecule has 0 radical (unpaired) electrons. The van der Waals surface area contributed by atoms with Crippen LogP contribution in [0.2, 0.25) is 0 Å². The Morgan fingerprint density at radius 3 is 2.00 bits per heavy atom. The van der Waals surface area contributed by atoms with Crippen LogP contribution in [0.25, 0.3) is 0 Å². The maximum Gasteiger partial charge on any atom is 0.0253 e. The first-order chi connectivity index (χ1) is 3.66. The molecule has 0 spiro atoms. The molecule has 0 aliphatic heterocycles. The summed E-state index contributed by atoms with van der Waals surface area (Å²) in [6, 6.07) is 0. The second-order valence-electron chi connectivity index (χ2n) is 1.77. The SMILES string of the molecule is C[C@H](Br)C[C@H](Br)CBr. The number of hydrogen-bond acceptors (Lipinski definition) is 0. The largest absolute Gasteiger partial charge is 0.0916 e. The van der Waals surface area contributed by atoms with Crippen LogP contribution in [0, 0.1) is 0 Å². The molecule has 0 rings (SSSR count). The van der Waals surface area contributed by atoms with Crippen molar-refractivity contribution in [1.82, 2.24) is 0 Å². The van der Waals surface area contributed by atoms with Crippen LogP contribution in [0.1, 0.15) is 13.3 Å². The van der Waals surface area contributed by atoms with Crippen molar-refractivity contribution in [3.8, 4) is 0 Å². The van der Waals surface area contributed by atoms with Gasteiger partial charge in [0, 0.05) is 15.0 Å². The summed E-state index contributed by atoms with van der Waals surface area (Å²) in [6.45, 7) is 2.15. The van der Waals surface area contributed by atoms with Gasteiger partial charge < -0.3 is 0 Å². The Hall–Kier alpha value is 1.44. The molecular formula is C5H9Br3. The zero-order chi connectivity index (χ0) is 6.57. The van der Waals surface area contributed by atoms with E-state index in [1.807, 2.05) is 0 Å². The molecule has 0 amide bonds. The zero-order valence-corrected chi connectivity index (χ0v) is 9.46. The Bertz CT molecular complexity index is 53.6. The van der Waals surface area contributed by atoms with E-state index in [2.05, 4.69) is 54.7 Å². The number of halogens is 3. The van der Waals surface area contributed by atoms with Crippen LogP contribution >= 0.6 is 47.8 Å². The maximum absolute atomic E-state index is 3.50. The van der Waals surface area contributed by atoms with Gasteiger partial charge in [-0.3, -0.25) is 0 Å². The normalized spacial score (nSPS) is 18.0. The van der Waals surface area contributed by atoms with E-state index in [1.165, 1.54) is 6.42 Å². The molecule has 2 atom stereocenters. The average Bonchev–Trinajstić information content (AvgIpc) is 1.65. The summed E-state index contributed by atoms with van der Waals surface area (Å²) in [6.07, 6.45) is 1.17. The smallest absolute Gasteiger partial charge is 0.0253 e. The van der Waals surface area contributed by atoms with Gasteiger partial charge in [0.05, 0.1) is 0 Å². The molecule has 0 N–H and O–H groups in total. The van der Waals surface area contributed by atoms with Crippen LogP contribution in [0.15, 0.2) is 0 Å². The van der Waals surface area contributed by atoms with Crippen LogP contribution < -0.4 is 0 Å². The van der Waals surface area contributed by atoms with Gasteiger partial charge in [-0.25, -0.2) is 0 Å². The Morgan fingerprint density at radius 2 is 1.88 bits per heavy atom. The molecule has 0 unspecified atom stereocenters. The molecule has 50 valence electrons. The third kappa shape index (κ3) is 5.57. The fraction of sp³-hybridized carbons (Fsp3) is 1.00. The summed E-state index contributed by atoms with van der Waals surface area (Å²) >= 11 is 10.3. The third-order valence-electron chi connectivity index (χ3n) is 0.748. The van der Waals surface area contributed by atoms with Crippen molar-refractivity contribution in [2.45, 2.75) is 23.0 Å². The van der Waals surface area contributed by atoms with Crippen LogP contribution in [0.4, 0.5) is 0 Å². The highest BCUT2D eigenvalue weighted by atomic mass is 79.9. The van der Waals surface area contributed by atoms with Crippen LogP contribution in [-0.4, -0.2) is 15.0 Å². The quantitative estimate of drug-likeness (QED) is 0.702. The van der Waals surface area contributed by atoms with Crippen molar-refractivity contribution < 1.29 is 0 Å². The fourth-order valence-electron chi connectivity index (χ4n) is 0.415. The summed E-state index contributed by atoms with van der Waals surface area (Å²) in [4.78, 5) is 1.22. The van der Waals surface area contributed by atoms with Crippen molar-refractivity contribution in [3.05, 3.63) is 0 Å². The molecule has 0 aromatic heterocycles. The molecule has 0 aromatic carbocycles. The molecule has 3 heteroatoms. The van der Waals surface area contributed by atoms with Gasteiger partial charge in [0.25, 0.3) is 0 Å². The van der Waals surface area contributed by atoms with Crippen LogP contribution in [0.5, 0.6) is 0 Å². The van der Waals surface area contributed by atoms with Crippen LogP contribution in [-0.2, 0) is 0 Å². The molecule has 0 aliphatic carbocycles. The summed E-state index contributed by atoms with van der Waals surface area (Å²) in [5.41, 5.74) is 0. The lowest BCUT2D eigenvalue weighted by atomic mass is 10.3. The first-order valence-corrected chi connectivity index (χ1v) is 5.46. The van der Waals surface area contributed by atoms with E-state index in [4.69, 9.17) is 0 Å². The Morgan fingerprint density at radius 1 is 1.38 bits per heavy atom. The number of alkyl halides is 3. The lowest BCUT2D eigenvalue weighted by molar-refractivity contribution is 0.833. The standard InChI is InChI=1S/C5H9Br3/c1-4(7)2-5(8)3-6/h4-5H,2-3H2,1H3/t4-,5-/m0/s1. The van der Waals surface area contributed by atoms with E-state index in [0.717, 1.165) is 5.33 Å². The van der Waals surface area contributed by atoms with E-state index in [1.54, 1.807) is 0 Å². The van der Waals surface area contributed by atoms with Gasteiger partial charge in [-0.15, -0.1) is 0 Å². The Balaban J connectivity index is 3.10.